The fourth-order valence-corrected chi connectivity index (χ4v) is 3.48. The van der Waals surface area contributed by atoms with Gasteiger partial charge in [-0.05, 0) is 47.5 Å². The second-order valence-corrected chi connectivity index (χ2v) is 7.25. The minimum atomic E-state index is -2.33. The molecule has 3 rings (SSSR count). The molecular formula is C22H21FO6S. The normalized spacial score (nSPS) is 11.7. The Balaban J connectivity index is 2.30. The van der Waals surface area contributed by atoms with Crippen LogP contribution in [-0.4, -0.2) is 37.2 Å². The molecule has 1 unspecified atom stereocenters. The van der Waals surface area contributed by atoms with E-state index < -0.39 is 16.9 Å². The lowest BCUT2D eigenvalue weighted by Gasteiger charge is -2.15. The summed E-state index contributed by atoms with van der Waals surface area (Å²) < 4.78 is 58.3. The minimum absolute atomic E-state index is 0.0463. The molecule has 0 radical (unpaired) electrons. The standard InChI is InChI=1S/C22H21FO6S/c1-26-15-5-13(6-16(9-15)27-2)20-11-19(30(24)25)12-21(22(20)23)14-7-17(28-3)10-18(8-14)29-4/h5-12H,1-4H3,(H,24,25). The van der Waals surface area contributed by atoms with E-state index in [0.29, 0.717) is 34.1 Å². The summed E-state index contributed by atoms with van der Waals surface area (Å²) in [6, 6.07) is 12.5. The van der Waals surface area contributed by atoms with Crippen LogP contribution in [0.15, 0.2) is 53.4 Å². The average molecular weight is 432 g/mol. The fraction of sp³-hybridized carbons (Fsp3) is 0.182. The molecule has 0 saturated carbocycles. The fourth-order valence-electron chi connectivity index (χ4n) is 3.04. The minimum Gasteiger partial charge on any atom is -0.497 e. The molecular weight excluding hydrogens is 411 g/mol. The molecule has 0 bridgehead atoms. The largest absolute Gasteiger partial charge is 0.497 e. The van der Waals surface area contributed by atoms with E-state index in [1.165, 1.54) is 40.6 Å². The van der Waals surface area contributed by atoms with Gasteiger partial charge in [0.15, 0.2) is 11.1 Å². The third kappa shape index (κ3) is 4.39. The molecule has 1 N–H and O–H groups in total. The highest BCUT2D eigenvalue weighted by atomic mass is 32.2. The van der Waals surface area contributed by atoms with Crippen LogP contribution in [0.3, 0.4) is 0 Å². The zero-order valence-corrected chi connectivity index (χ0v) is 17.7. The van der Waals surface area contributed by atoms with Crippen LogP contribution >= 0.6 is 0 Å². The van der Waals surface area contributed by atoms with Gasteiger partial charge in [0.05, 0.1) is 33.3 Å². The topological polar surface area (TPSA) is 74.2 Å². The average Bonchev–Trinajstić information content (AvgIpc) is 2.78. The van der Waals surface area contributed by atoms with Crippen LogP contribution in [0.4, 0.5) is 4.39 Å². The van der Waals surface area contributed by atoms with E-state index in [-0.39, 0.29) is 16.0 Å². The maximum atomic E-state index is 15.7. The molecule has 3 aromatic carbocycles. The Morgan fingerprint density at radius 2 is 1.00 bits per heavy atom. The monoisotopic (exact) mass is 432 g/mol. The first-order chi connectivity index (χ1) is 14.4. The molecule has 8 heteroatoms. The van der Waals surface area contributed by atoms with Crippen LogP contribution in [0.25, 0.3) is 22.3 Å². The van der Waals surface area contributed by atoms with Crippen LogP contribution in [0.1, 0.15) is 0 Å². The molecule has 6 nitrogen and oxygen atoms in total. The van der Waals surface area contributed by atoms with Gasteiger partial charge in [-0.25, -0.2) is 8.60 Å². The molecule has 0 aliphatic heterocycles. The Labute approximate surface area is 176 Å². The van der Waals surface area contributed by atoms with Gasteiger partial charge in [-0.2, -0.15) is 0 Å². The summed E-state index contributed by atoms with van der Waals surface area (Å²) in [6.45, 7) is 0. The van der Waals surface area contributed by atoms with Gasteiger partial charge in [0.25, 0.3) is 0 Å². The Morgan fingerprint density at radius 1 is 0.667 bits per heavy atom. The molecule has 3 aromatic rings. The molecule has 1 atom stereocenters. The number of rotatable bonds is 7. The van der Waals surface area contributed by atoms with Gasteiger partial charge in [0.2, 0.25) is 0 Å². The van der Waals surface area contributed by atoms with E-state index >= 15 is 4.39 Å². The summed E-state index contributed by atoms with van der Waals surface area (Å²) in [5, 5.41) is 0. The van der Waals surface area contributed by atoms with Crippen LogP contribution < -0.4 is 18.9 Å². The Kier molecular flexibility index (Phi) is 6.59. The van der Waals surface area contributed by atoms with E-state index in [9.17, 15) is 8.76 Å². The van der Waals surface area contributed by atoms with Gasteiger partial charge in [0, 0.05) is 23.3 Å². The van der Waals surface area contributed by atoms with E-state index in [0.717, 1.165) is 0 Å². The van der Waals surface area contributed by atoms with Crippen molar-refractivity contribution in [3.63, 3.8) is 0 Å². The molecule has 158 valence electrons. The highest BCUT2D eigenvalue weighted by Crippen LogP contribution is 2.38. The van der Waals surface area contributed by atoms with Crippen molar-refractivity contribution in [3.05, 3.63) is 54.3 Å². The Morgan fingerprint density at radius 3 is 1.27 bits per heavy atom. The molecule has 0 fully saturated rings. The van der Waals surface area contributed by atoms with Crippen molar-refractivity contribution in [3.8, 4) is 45.3 Å². The maximum Gasteiger partial charge on any atom is 0.186 e. The van der Waals surface area contributed by atoms with Crippen LogP contribution in [0, 0.1) is 5.82 Å². The third-order valence-corrected chi connectivity index (χ3v) is 5.21. The molecule has 0 aliphatic rings. The number of ether oxygens (including phenoxy) is 4. The summed E-state index contributed by atoms with van der Waals surface area (Å²) in [4.78, 5) is 0.0463. The first kappa shape index (κ1) is 21.6. The lowest BCUT2D eigenvalue weighted by atomic mass is 9.97. The zero-order chi connectivity index (χ0) is 21.8. The first-order valence-corrected chi connectivity index (χ1v) is 9.92. The molecule has 30 heavy (non-hydrogen) atoms. The van der Waals surface area contributed by atoms with Crippen molar-refractivity contribution in [2.24, 2.45) is 0 Å². The van der Waals surface area contributed by atoms with Gasteiger partial charge in [0.1, 0.15) is 28.8 Å². The highest BCUT2D eigenvalue weighted by molar-refractivity contribution is 7.79. The van der Waals surface area contributed by atoms with Crippen molar-refractivity contribution in [2.45, 2.75) is 4.90 Å². The summed E-state index contributed by atoms with van der Waals surface area (Å²) in [7, 11) is 5.95. The molecule has 0 saturated heterocycles. The van der Waals surface area contributed by atoms with Gasteiger partial charge in [-0.3, -0.25) is 0 Å². The van der Waals surface area contributed by atoms with Crippen molar-refractivity contribution in [1.29, 1.82) is 0 Å². The molecule has 0 spiro atoms. The van der Waals surface area contributed by atoms with Crippen molar-refractivity contribution < 1.29 is 32.1 Å². The molecule has 0 aromatic heterocycles. The SMILES string of the molecule is COc1cc(OC)cc(-c2cc(S(=O)O)cc(-c3cc(OC)cc(OC)c3)c2F)c1. The lowest BCUT2D eigenvalue weighted by molar-refractivity contribution is 0.394. The summed E-state index contributed by atoms with van der Waals surface area (Å²) in [5.74, 6) is 1.27. The number of hydrogen-bond donors (Lipinski definition) is 1. The summed E-state index contributed by atoms with van der Waals surface area (Å²) in [6.07, 6.45) is 0. The maximum absolute atomic E-state index is 15.7. The third-order valence-electron chi connectivity index (χ3n) is 4.57. The molecule has 0 heterocycles. The summed E-state index contributed by atoms with van der Waals surface area (Å²) in [5.41, 5.74) is 1.13. The number of benzene rings is 3. The van der Waals surface area contributed by atoms with Gasteiger partial charge in [-0.1, -0.05) is 0 Å². The van der Waals surface area contributed by atoms with Crippen LogP contribution in [-0.2, 0) is 11.1 Å². The van der Waals surface area contributed by atoms with Gasteiger partial charge >= 0.3 is 0 Å². The Bertz CT molecular complexity index is 978. The number of methoxy groups -OCH3 is 4. The molecule has 0 amide bonds. The van der Waals surface area contributed by atoms with Crippen molar-refractivity contribution >= 4 is 11.1 Å². The number of halogens is 1. The quantitative estimate of drug-likeness (QED) is 0.542. The second kappa shape index (κ2) is 9.15. The van der Waals surface area contributed by atoms with Crippen LogP contribution in [0.2, 0.25) is 0 Å². The van der Waals surface area contributed by atoms with E-state index in [4.69, 9.17) is 18.9 Å². The lowest BCUT2D eigenvalue weighted by Crippen LogP contribution is -1.98. The predicted octanol–water partition coefficient (Wildman–Crippen LogP) is 4.77. The smallest absolute Gasteiger partial charge is 0.186 e. The second-order valence-electron chi connectivity index (χ2n) is 6.28. The first-order valence-electron chi connectivity index (χ1n) is 8.81. The predicted molar refractivity (Wildman–Crippen MR) is 113 cm³/mol. The Hall–Kier alpha value is -3.10. The summed E-state index contributed by atoms with van der Waals surface area (Å²) >= 11 is -2.33. The number of hydrogen-bond acceptors (Lipinski definition) is 5. The zero-order valence-electron chi connectivity index (χ0n) is 16.9. The van der Waals surface area contributed by atoms with Crippen molar-refractivity contribution in [1.82, 2.24) is 0 Å². The van der Waals surface area contributed by atoms with Gasteiger partial charge < -0.3 is 23.5 Å². The molecule has 0 aliphatic carbocycles. The van der Waals surface area contributed by atoms with Crippen LogP contribution in [0.5, 0.6) is 23.0 Å². The van der Waals surface area contributed by atoms with Gasteiger partial charge in [-0.15, -0.1) is 0 Å². The van der Waals surface area contributed by atoms with Crippen molar-refractivity contribution in [2.75, 3.05) is 28.4 Å². The van der Waals surface area contributed by atoms with E-state index in [1.54, 1.807) is 36.4 Å². The van der Waals surface area contributed by atoms with E-state index in [1.807, 2.05) is 0 Å². The van der Waals surface area contributed by atoms with E-state index in [2.05, 4.69) is 0 Å². The highest BCUT2D eigenvalue weighted by Gasteiger charge is 2.19.